The Morgan fingerprint density at radius 1 is 1.62 bits per heavy atom. The molecular weight excluding hydrogens is 206 g/mol. The summed E-state index contributed by atoms with van der Waals surface area (Å²) in [6, 6.07) is 0.0300. The highest BCUT2D eigenvalue weighted by atomic mass is 16.5. The van der Waals surface area contributed by atoms with Gasteiger partial charge in [0.15, 0.2) is 0 Å². The molecule has 1 heterocycles. The number of nitrogens with one attached hydrogen (secondary N) is 2. The van der Waals surface area contributed by atoms with Gasteiger partial charge >= 0.3 is 0 Å². The average molecular weight is 225 g/mol. The van der Waals surface area contributed by atoms with Gasteiger partial charge in [0.1, 0.15) is 0 Å². The molecule has 0 aliphatic rings. The van der Waals surface area contributed by atoms with E-state index in [1.54, 1.807) is 6.20 Å². The fourth-order valence-electron chi connectivity index (χ4n) is 1.27. The summed E-state index contributed by atoms with van der Waals surface area (Å²) in [5.41, 5.74) is 0.544. The second-order valence-corrected chi connectivity index (χ2v) is 3.97. The van der Waals surface area contributed by atoms with Gasteiger partial charge in [-0.3, -0.25) is 9.89 Å². The van der Waals surface area contributed by atoms with E-state index in [0.717, 1.165) is 0 Å². The smallest absolute Gasteiger partial charge is 0.254 e. The molecule has 0 fully saturated rings. The van der Waals surface area contributed by atoms with Gasteiger partial charge in [-0.15, -0.1) is 0 Å². The molecule has 0 aliphatic heterocycles. The fourth-order valence-corrected chi connectivity index (χ4v) is 1.27. The Morgan fingerprint density at radius 3 is 2.88 bits per heavy atom. The van der Waals surface area contributed by atoms with E-state index in [1.165, 1.54) is 6.20 Å². The minimum Gasteiger partial charge on any atom is -0.380 e. The predicted octanol–water partition coefficient (Wildman–Crippen LogP) is 1.20. The van der Waals surface area contributed by atoms with Crippen LogP contribution >= 0.6 is 0 Å². The van der Waals surface area contributed by atoms with Gasteiger partial charge in [-0.1, -0.05) is 13.8 Å². The van der Waals surface area contributed by atoms with Crippen LogP contribution in [-0.4, -0.2) is 35.4 Å². The van der Waals surface area contributed by atoms with Crippen molar-refractivity contribution in [1.29, 1.82) is 0 Å². The maximum absolute atomic E-state index is 11.8. The Hall–Kier alpha value is -1.36. The van der Waals surface area contributed by atoms with Gasteiger partial charge in [-0.05, 0) is 12.8 Å². The maximum atomic E-state index is 11.8. The van der Waals surface area contributed by atoms with Crippen LogP contribution in [0, 0.1) is 5.92 Å². The molecule has 1 unspecified atom stereocenters. The first-order chi connectivity index (χ1) is 7.65. The number of H-pyrrole nitrogens is 1. The minimum atomic E-state index is -0.118. The fraction of sp³-hybridized carbons (Fsp3) is 0.636. The number of amides is 1. The van der Waals surface area contributed by atoms with Crippen molar-refractivity contribution < 1.29 is 9.53 Å². The highest BCUT2D eigenvalue weighted by Crippen LogP contribution is 2.04. The molecule has 0 aliphatic carbocycles. The number of carbonyl (C=O) groups excluding carboxylic acids is 1. The Bertz CT molecular complexity index is 309. The molecule has 1 aromatic heterocycles. The number of aromatic nitrogens is 2. The third-order valence-corrected chi connectivity index (χ3v) is 2.38. The molecule has 0 bridgehead atoms. The first-order valence-corrected chi connectivity index (χ1v) is 5.52. The zero-order valence-corrected chi connectivity index (χ0v) is 9.99. The lowest BCUT2D eigenvalue weighted by Crippen LogP contribution is -2.41. The van der Waals surface area contributed by atoms with Crippen molar-refractivity contribution in [2.45, 2.75) is 26.8 Å². The third-order valence-electron chi connectivity index (χ3n) is 2.38. The Kier molecular flexibility index (Phi) is 4.98. The highest BCUT2D eigenvalue weighted by molar-refractivity contribution is 5.93. The molecule has 0 radical (unpaired) electrons. The lowest BCUT2D eigenvalue weighted by Gasteiger charge is -2.21. The van der Waals surface area contributed by atoms with Gasteiger partial charge in [0.25, 0.3) is 5.91 Å². The van der Waals surface area contributed by atoms with Crippen molar-refractivity contribution in [2.75, 3.05) is 13.2 Å². The van der Waals surface area contributed by atoms with Crippen molar-refractivity contribution >= 4 is 5.91 Å². The third kappa shape index (κ3) is 3.66. The number of nitrogens with zero attached hydrogens (tertiary/aromatic N) is 1. The van der Waals surface area contributed by atoms with Crippen molar-refractivity contribution in [3.05, 3.63) is 18.0 Å². The lowest BCUT2D eigenvalue weighted by atomic mass is 10.1. The Morgan fingerprint density at radius 2 is 2.38 bits per heavy atom. The first-order valence-electron chi connectivity index (χ1n) is 5.52. The lowest BCUT2D eigenvalue weighted by molar-refractivity contribution is 0.0806. The average Bonchev–Trinajstić information content (AvgIpc) is 2.76. The van der Waals surface area contributed by atoms with Gasteiger partial charge in [-0.2, -0.15) is 5.10 Å². The van der Waals surface area contributed by atoms with Crippen molar-refractivity contribution in [2.24, 2.45) is 5.92 Å². The molecule has 5 heteroatoms. The summed E-state index contributed by atoms with van der Waals surface area (Å²) in [5.74, 6) is 0.217. The summed E-state index contributed by atoms with van der Waals surface area (Å²) in [5, 5.41) is 9.28. The summed E-state index contributed by atoms with van der Waals surface area (Å²) in [4.78, 5) is 11.8. The van der Waals surface area contributed by atoms with Crippen LogP contribution in [0.4, 0.5) is 0 Å². The molecule has 90 valence electrons. The summed E-state index contributed by atoms with van der Waals surface area (Å²) in [6.45, 7) is 7.25. The minimum absolute atomic E-state index is 0.0300. The summed E-state index contributed by atoms with van der Waals surface area (Å²) < 4.78 is 5.34. The number of aromatic amines is 1. The molecule has 1 atom stereocenters. The van der Waals surface area contributed by atoms with Crippen LogP contribution in [0.15, 0.2) is 12.4 Å². The SMILES string of the molecule is CCOCC(NC(=O)c1cn[nH]c1)C(C)C. The standard InChI is InChI=1S/C11H19N3O2/c1-4-16-7-10(8(2)3)14-11(15)9-5-12-13-6-9/h5-6,8,10H,4,7H2,1-3H3,(H,12,13)(H,14,15). The number of hydrogen-bond acceptors (Lipinski definition) is 3. The predicted molar refractivity (Wildman–Crippen MR) is 61.2 cm³/mol. The molecule has 0 saturated heterocycles. The number of ether oxygens (including phenoxy) is 1. The molecular formula is C11H19N3O2. The summed E-state index contributed by atoms with van der Waals surface area (Å²) in [7, 11) is 0. The van der Waals surface area contributed by atoms with Crippen LogP contribution < -0.4 is 5.32 Å². The highest BCUT2D eigenvalue weighted by Gasteiger charge is 2.17. The van der Waals surface area contributed by atoms with E-state index >= 15 is 0 Å². The van der Waals surface area contributed by atoms with E-state index < -0.39 is 0 Å². The van der Waals surface area contributed by atoms with Gasteiger partial charge in [0.05, 0.1) is 24.4 Å². The molecule has 0 spiro atoms. The van der Waals surface area contributed by atoms with Crippen LogP contribution in [0.1, 0.15) is 31.1 Å². The van der Waals surface area contributed by atoms with Gasteiger partial charge in [0.2, 0.25) is 0 Å². The largest absolute Gasteiger partial charge is 0.380 e. The van der Waals surface area contributed by atoms with E-state index in [1.807, 2.05) is 6.92 Å². The summed E-state index contributed by atoms with van der Waals surface area (Å²) in [6.07, 6.45) is 3.08. The molecule has 2 N–H and O–H groups in total. The van der Waals surface area contributed by atoms with Crippen LogP contribution in [0.3, 0.4) is 0 Å². The zero-order chi connectivity index (χ0) is 12.0. The topological polar surface area (TPSA) is 67.0 Å². The quantitative estimate of drug-likeness (QED) is 0.764. The number of carbonyl (C=O) groups is 1. The molecule has 0 saturated carbocycles. The first kappa shape index (κ1) is 12.7. The van der Waals surface area contributed by atoms with Crippen LogP contribution in [-0.2, 0) is 4.74 Å². The second kappa shape index (κ2) is 6.27. The van der Waals surface area contributed by atoms with Crippen molar-refractivity contribution in [3.63, 3.8) is 0 Å². The van der Waals surface area contributed by atoms with Crippen molar-refractivity contribution in [1.82, 2.24) is 15.5 Å². The maximum Gasteiger partial charge on any atom is 0.254 e. The van der Waals surface area contributed by atoms with E-state index in [9.17, 15) is 4.79 Å². The normalized spacial score (nSPS) is 12.8. The summed E-state index contributed by atoms with van der Waals surface area (Å²) >= 11 is 0. The number of hydrogen-bond donors (Lipinski definition) is 2. The van der Waals surface area contributed by atoms with E-state index in [4.69, 9.17) is 4.74 Å². The van der Waals surface area contributed by atoms with Crippen LogP contribution in [0.5, 0.6) is 0 Å². The molecule has 16 heavy (non-hydrogen) atoms. The second-order valence-electron chi connectivity index (χ2n) is 3.97. The van der Waals surface area contributed by atoms with Gasteiger partial charge in [-0.25, -0.2) is 0 Å². The van der Waals surface area contributed by atoms with E-state index in [2.05, 4.69) is 29.4 Å². The molecule has 1 rings (SSSR count). The van der Waals surface area contributed by atoms with Gasteiger partial charge < -0.3 is 10.1 Å². The zero-order valence-electron chi connectivity index (χ0n) is 9.99. The number of rotatable bonds is 6. The molecule has 0 aromatic carbocycles. The van der Waals surface area contributed by atoms with Gasteiger partial charge in [0, 0.05) is 12.8 Å². The molecule has 1 amide bonds. The van der Waals surface area contributed by atoms with E-state index in [0.29, 0.717) is 24.7 Å². The van der Waals surface area contributed by atoms with Crippen LogP contribution in [0.2, 0.25) is 0 Å². The van der Waals surface area contributed by atoms with Crippen LogP contribution in [0.25, 0.3) is 0 Å². The molecule has 1 aromatic rings. The van der Waals surface area contributed by atoms with E-state index in [-0.39, 0.29) is 11.9 Å². The van der Waals surface area contributed by atoms with Crippen molar-refractivity contribution in [3.8, 4) is 0 Å². The molecule has 5 nitrogen and oxygen atoms in total. The monoisotopic (exact) mass is 225 g/mol. The Labute approximate surface area is 95.6 Å². The Balaban J connectivity index is 2.51.